The molecule has 0 N–H and O–H groups in total. The van der Waals surface area contributed by atoms with E-state index in [1.165, 1.54) is 37.0 Å². The Kier molecular flexibility index (Phi) is 6.28. The molecule has 3 aliphatic rings. The molecule has 0 radical (unpaired) electrons. The maximum absolute atomic E-state index is 13.2. The van der Waals surface area contributed by atoms with Crippen molar-refractivity contribution >= 4 is 23.4 Å². The van der Waals surface area contributed by atoms with Crippen molar-refractivity contribution in [1.82, 2.24) is 9.80 Å². The molecule has 0 aliphatic carbocycles. The van der Waals surface area contributed by atoms with E-state index in [9.17, 15) is 14.4 Å². The highest BCUT2D eigenvalue weighted by atomic mass is 16.2. The molecule has 3 heterocycles. The molecular weight excluding hydrogens is 366 g/mol. The van der Waals surface area contributed by atoms with Crippen LogP contribution in [0, 0.1) is 0 Å². The Balaban J connectivity index is 1.45. The van der Waals surface area contributed by atoms with E-state index in [2.05, 4.69) is 9.80 Å². The molecule has 0 saturated carbocycles. The van der Waals surface area contributed by atoms with Gasteiger partial charge in [-0.1, -0.05) is 12.8 Å². The van der Waals surface area contributed by atoms with E-state index in [1.807, 2.05) is 0 Å². The molecule has 3 saturated heterocycles. The van der Waals surface area contributed by atoms with Crippen molar-refractivity contribution in [3.8, 4) is 0 Å². The van der Waals surface area contributed by atoms with Gasteiger partial charge in [0.15, 0.2) is 0 Å². The van der Waals surface area contributed by atoms with Crippen LogP contribution in [-0.2, 0) is 9.59 Å². The van der Waals surface area contributed by atoms with Gasteiger partial charge < -0.3 is 9.80 Å². The van der Waals surface area contributed by atoms with Crippen LogP contribution in [0.25, 0.3) is 0 Å². The van der Waals surface area contributed by atoms with Crippen LogP contribution in [0.5, 0.6) is 0 Å². The fraction of sp³-hybridized carbons (Fsp3) is 0.609. The predicted molar refractivity (Wildman–Crippen MR) is 112 cm³/mol. The summed E-state index contributed by atoms with van der Waals surface area (Å²) in [5.74, 6) is -0.264. The van der Waals surface area contributed by atoms with E-state index in [-0.39, 0.29) is 36.6 Å². The van der Waals surface area contributed by atoms with Crippen LogP contribution in [0.3, 0.4) is 0 Å². The maximum Gasteiger partial charge on any atom is 0.254 e. The summed E-state index contributed by atoms with van der Waals surface area (Å²) in [4.78, 5) is 42.9. The van der Waals surface area contributed by atoms with Crippen LogP contribution < -0.4 is 4.90 Å². The molecular formula is C23H31N3O3. The largest absolute Gasteiger partial charge is 0.334 e. The van der Waals surface area contributed by atoms with Gasteiger partial charge in [-0.25, -0.2) is 0 Å². The highest BCUT2D eigenvalue weighted by Crippen LogP contribution is 2.25. The summed E-state index contributed by atoms with van der Waals surface area (Å²) in [6.45, 7) is 4.07. The van der Waals surface area contributed by atoms with Gasteiger partial charge in [0.1, 0.15) is 0 Å². The zero-order valence-corrected chi connectivity index (χ0v) is 17.1. The zero-order chi connectivity index (χ0) is 20.2. The van der Waals surface area contributed by atoms with E-state index >= 15 is 0 Å². The average Bonchev–Trinajstić information content (AvgIpc) is 2.92. The van der Waals surface area contributed by atoms with Gasteiger partial charge in [-0.05, 0) is 69.5 Å². The molecule has 3 aliphatic heterocycles. The van der Waals surface area contributed by atoms with Crippen LogP contribution in [0.4, 0.5) is 5.69 Å². The monoisotopic (exact) mass is 397 g/mol. The Labute approximate surface area is 172 Å². The lowest BCUT2D eigenvalue weighted by molar-refractivity contribution is -0.121. The second kappa shape index (κ2) is 9.08. The number of carbonyl (C=O) groups is 3. The van der Waals surface area contributed by atoms with Gasteiger partial charge in [-0.3, -0.25) is 19.3 Å². The Morgan fingerprint density at radius 1 is 0.828 bits per heavy atom. The molecule has 1 aromatic carbocycles. The summed E-state index contributed by atoms with van der Waals surface area (Å²) < 4.78 is 0. The lowest BCUT2D eigenvalue weighted by atomic mass is 10.00. The predicted octanol–water partition coefficient (Wildman–Crippen LogP) is 3.21. The number of nitrogens with zero attached hydrogens (tertiary/aromatic N) is 3. The van der Waals surface area contributed by atoms with Gasteiger partial charge in [-0.2, -0.15) is 0 Å². The van der Waals surface area contributed by atoms with E-state index in [0.717, 1.165) is 39.0 Å². The number of hydrogen-bond acceptors (Lipinski definition) is 4. The van der Waals surface area contributed by atoms with E-state index in [1.54, 1.807) is 24.3 Å². The number of imide groups is 1. The standard InChI is InChI=1S/C23H31N3O3/c27-21-12-13-22(28)26(21)19-10-8-18(9-11-19)23(29)25-16-6-3-7-20(25)17-24-14-4-1-2-5-15-24/h8-11,20H,1-7,12-17H2/t20-/m0/s1. The van der Waals surface area contributed by atoms with Crippen molar-refractivity contribution in [1.29, 1.82) is 0 Å². The molecule has 3 fully saturated rings. The first-order chi connectivity index (χ1) is 14.1. The van der Waals surface area contributed by atoms with Crippen LogP contribution in [0.1, 0.15) is 68.1 Å². The molecule has 1 atom stereocenters. The topological polar surface area (TPSA) is 60.9 Å². The molecule has 3 amide bonds. The van der Waals surface area contributed by atoms with Gasteiger partial charge in [0.05, 0.1) is 5.69 Å². The lowest BCUT2D eigenvalue weighted by Gasteiger charge is -2.38. The highest BCUT2D eigenvalue weighted by Gasteiger charge is 2.31. The van der Waals surface area contributed by atoms with Gasteiger partial charge >= 0.3 is 0 Å². The van der Waals surface area contributed by atoms with Crippen molar-refractivity contribution in [2.24, 2.45) is 0 Å². The molecule has 6 heteroatoms. The minimum Gasteiger partial charge on any atom is -0.334 e. The minimum atomic E-state index is -0.164. The molecule has 0 aromatic heterocycles. The Morgan fingerprint density at radius 2 is 1.45 bits per heavy atom. The summed E-state index contributed by atoms with van der Waals surface area (Å²) in [6, 6.07) is 7.24. The second-order valence-electron chi connectivity index (χ2n) is 8.53. The zero-order valence-electron chi connectivity index (χ0n) is 17.1. The lowest BCUT2D eigenvalue weighted by Crippen LogP contribution is -2.49. The first kappa shape index (κ1) is 20.1. The van der Waals surface area contributed by atoms with E-state index in [4.69, 9.17) is 0 Å². The Hall–Kier alpha value is -2.21. The van der Waals surface area contributed by atoms with Gasteiger partial charge in [0, 0.05) is 37.5 Å². The third kappa shape index (κ3) is 4.53. The molecule has 4 rings (SSSR count). The second-order valence-corrected chi connectivity index (χ2v) is 8.53. The van der Waals surface area contributed by atoms with E-state index in [0.29, 0.717) is 11.3 Å². The van der Waals surface area contributed by atoms with Crippen molar-refractivity contribution < 1.29 is 14.4 Å². The smallest absolute Gasteiger partial charge is 0.254 e. The first-order valence-electron chi connectivity index (χ1n) is 11.1. The average molecular weight is 398 g/mol. The van der Waals surface area contributed by atoms with Crippen molar-refractivity contribution in [2.45, 2.75) is 63.8 Å². The van der Waals surface area contributed by atoms with Crippen molar-refractivity contribution in [2.75, 3.05) is 31.1 Å². The number of rotatable bonds is 4. The van der Waals surface area contributed by atoms with Crippen LogP contribution in [0.2, 0.25) is 0 Å². The molecule has 0 unspecified atom stereocenters. The molecule has 0 bridgehead atoms. The summed E-state index contributed by atoms with van der Waals surface area (Å²) in [5, 5.41) is 0. The summed E-state index contributed by atoms with van der Waals surface area (Å²) in [6.07, 6.45) is 8.99. The molecule has 29 heavy (non-hydrogen) atoms. The van der Waals surface area contributed by atoms with Crippen molar-refractivity contribution in [3.05, 3.63) is 29.8 Å². The van der Waals surface area contributed by atoms with Crippen molar-refractivity contribution in [3.63, 3.8) is 0 Å². The number of benzene rings is 1. The van der Waals surface area contributed by atoms with Gasteiger partial charge in [0.25, 0.3) is 5.91 Å². The normalized spacial score (nSPS) is 24.1. The fourth-order valence-electron chi connectivity index (χ4n) is 4.86. The Morgan fingerprint density at radius 3 is 2.10 bits per heavy atom. The quantitative estimate of drug-likeness (QED) is 0.732. The third-order valence-electron chi connectivity index (χ3n) is 6.48. The van der Waals surface area contributed by atoms with Gasteiger partial charge in [0.2, 0.25) is 11.8 Å². The highest BCUT2D eigenvalue weighted by molar-refractivity contribution is 6.19. The minimum absolute atomic E-state index is 0.0650. The number of piperidine rings is 1. The molecule has 6 nitrogen and oxygen atoms in total. The third-order valence-corrected chi connectivity index (χ3v) is 6.48. The van der Waals surface area contributed by atoms with Crippen LogP contribution in [-0.4, -0.2) is 59.7 Å². The summed E-state index contributed by atoms with van der Waals surface area (Å²) >= 11 is 0. The number of anilines is 1. The number of likely N-dealkylation sites (tertiary alicyclic amines) is 2. The maximum atomic E-state index is 13.2. The summed E-state index contributed by atoms with van der Waals surface area (Å²) in [5.41, 5.74) is 1.20. The Bertz CT molecular complexity index is 737. The fourth-order valence-corrected chi connectivity index (χ4v) is 4.86. The van der Waals surface area contributed by atoms with Gasteiger partial charge in [-0.15, -0.1) is 0 Å². The number of hydrogen-bond donors (Lipinski definition) is 0. The SMILES string of the molecule is O=C1CCC(=O)N1c1ccc(C(=O)N2CCCC[C@H]2CN2CCCCCC2)cc1. The first-order valence-corrected chi connectivity index (χ1v) is 11.1. The summed E-state index contributed by atoms with van der Waals surface area (Å²) in [7, 11) is 0. The van der Waals surface area contributed by atoms with Crippen LogP contribution in [0.15, 0.2) is 24.3 Å². The molecule has 0 spiro atoms. The molecule has 156 valence electrons. The molecule has 1 aromatic rings. The number of carbonyl (C=O) groups excluding carboxylic acids is 3. The van der Waals surface area contributed by atoms with Crippen LogP contribution >= 0.6 is 0 Å². The number of amides is 3. The van der Waals surface area contributed by atoms with E-state index < -0.39 is 0 Å².